The summed E-state index contributed by atoms with van der Waals surface area (Å²) in [5.74, 6) is 1.54. The number of aromatic nitrogens is 2. The quantitative estimate of drug-likeness (QED) is 0.435. The first-order valence-electron chi connectivity index (χ1n) is 9.82. The van der Waals surface area contributed by atoms with Gasteiger partial charge in [-0.1, -0.05) is 35.9 Å². The van der Waals surface area contributed by atoms with Crippen molar-refractivity contribution in [2.24, 2.45) is 0 Å². The highest BCUT2D eigenvalue weighted by atomic mass is 35.5. The van der Waals surface area contributed by atoms with Crippen molar-refractivity contribution in [3.63, 3.8) is 0 Å². The predicted molar refractivity (Wildman–Crippen MR) is 126 cm³/mol. The molecule has 1 heterocycles. The van der Waals surface area contributed by atoms with Gasteiger partial charge in [-0.25, -0.2) is 0 Å². The van der Waals surface area contributed by atoms with Gasteiger partial charge in [0.05, 0.1) is 6.61 Å². The predicted octanol–water partition coefficient (Wildman–Crippen LogP) is 5.47. The summed E-state index contributed by atoms with van der Waals surface area (Å²) < 4.78 is 15.7. The third-order valence-electron chi connectivity index (χ3n) is 4.99. The smallest absolute Gasteiger partial charge is 0.299 e. The highest BCUT2D eigenvalue weighted by Crippen LogP contribution is 2.31. The zero-order chi connectivity index (χ0) is 20.8. The normalized spacial score (nSPS) is 10.9. The Balaban J connectivity index is 0.00000320. The topological polar surface area (TPSA) is 47.5 Å². The monoisotopic (exact) mass is 447 g/mol. The number of likely N-dealkylation sites (N-methyl/N-ethyl adjacent to an activating group) is 1. The average molecular weight is 448 g/mol. The van der Waals surface area contributed by atoms with Crippen LogP contribution in [0.3, 0.4) is 0 Å². The van der Waals surface area contributed by atoms with Crippen molar-refractivity contribution in [2.45, 2.75) is 27.2 Å². The summed E-state index contributed by atoms with van der Waals surface area (Å²) in [7, 11) is 3.86. The fraction of sp³-hybridized carbons (Fsp3) is 0.391. The summed E-state index contributed by atoms with van der Waals surface area (Å²) in [4.78, 5) is 6.84. The molecule has 3 rings (SSSR count). The number of nitrogens with zero attached hydrogens (tertiary/aromatic N) is 3. The van der Waals surface area contributed by atoms with E-state index in [1.165, 1.54) is 28.2 Å². The molecule has 0 saturated carbocycles. The van der Waals surface area contributed by atoms with Gasteiger partial charge in [-0.3, -0.25) is 0 Å². The molecule has 0 fully saturated rings. The second-order valence-electron chi connectivity index (χ2n) is 7.44. The number of rotatable bonds is 9. The molecule has 0 saturated heterocycles. The highest BCUT2D eigenvalue weighted by molar-refractivity contribution is 7.07. The number of hydrogen-bond acceptors (Lipinski definition) is 6. The van der Waals surface area contributed by atoms with Crippen molar-refractivity contribution < 1.29 is 9.47 Å². The van der Waals surface area contributed by atoms with E-state index in [9.17, 15) is 0 Å². The maximum absolute atomic E-state index is 6.07. The van der Waals surface area contributed by atoms with E-state index in [4.69, 9.17) is 9.47 Å². The van der Waals surface area contributed by atoms with Gasteiger partial charge in [-0.05, 0) is 57.0 Å². The number of ether oxygens (including phenoxy) is 2. The van der Waals surface area contributed by atoms with Crippen molar-refractivity contribution >= 4 is 23.9 Å². The summed E-state index contributed by atoms with van der Waals surface area (Å²) in [6, 6.07) is 12.5. The van der Waals surface area contributed by atoms with Gasteiger partial charge in [0, 0.05) is 37.3 Å². The molecule has 0 amide bonds. The zero-order valence-electron chi connectivity index (χ0n) is 18.3. The first-order valence-corrected chi connectivity index (χ1v) is 10.6. The van der Waals surface area contributed by atoms with Gasteiger partial charge < -0.3 is 14.4 Å². The molecule has 3 aromatic rings. The van der Waals surface area contributed by atoms with E-state index in [0.717, 1.165) is 43.0 Å². The molecule has 0 aliphatic carbocycles. The SMILES string of the molecule is COCCN(C)CCc1cc(C)c(Oc2nc(-c3ccc(C)cc3)ns2)cc1C.Cl. The first kappa shape index (κ1) is 24.3. The largest absolute Gasteiger partial charge is 0.430 e. The van der Waals surface area contributed by atoms with Crippen LogP contribution in [0.4, 0.5) is 0 Å². The van der Waals surface area contributed by atoms with Crippen molar-refractivity contribution in [1.82, 2.24) is 14.3 Å². The molecule has 162 valence electrons. The molecule has 0 aliphatic heterocycles. The van der Waals surface area contributed by atoms with Crippen LogP contribution in [0.5, 0.6) is 10.9 Å². The third kappa shape index (κ3) is 6.51. The van der Waals surface area contributed by atoms with Crippen molar-refractivity contribution in [3.8, 4) is 22.3 Å². The van der Waals surface area contributed by atoms with Gasteiger partial charge in [0.1, 0.15) is 5.75 Å². The number of halogens is 1. The van der Waals surface area contributed by atoms with Crippen molar-refractivity contribution in [2.75, 3.05) is 33.9 Å². The average Bonchev–Trinajstić information content (AvgIpc) is 3.17. The number of aryl methyl sites for hydroxylation is 3. The standard InChI is InChI=1S/C23H29N3O2S.ClH/c1-16-6-8-19(9-7-16)22-24-23(29-25-22)28-21-15-17(2)20(14-18(21)3)10-11-26(4)12-13-27-5;/h6-9,14-15H,10-13H2,1-5H3;1H. The van der Waals surface area contributed by atoms with Crippen LogP contribution in [0.1, 0.15) is 22.3 Å². The Labute approximate surface area is 189 Å². The number of hydrogen-bond donors (Lipinski definition) is 0. The summed E-state index contributed by atoms with van der Waals surface area (Å²) in [6.07, 6.45) is 1.00. The van der Waals surface area contributed by atoms with Crippen LogP contribution in [0.2, 0.25) is 0 Å². The van der Waals surface area contributed by atoms with Gasteiger partial charge >= 0.3 is 0 Å². The Kier molecular flexibility index (Phi) is 9.24. The van der Waals surface area contributed by atoms with Crippen LogP contribution in [0.15, 0.2) is 36.4 Å². The van der Waals surface area contributed by atoms with E-state index in [-0.39, 0.29) is 12.4 Å². The Morgan fingerprint density at radius 2 is 1.73 bits per heavy atom. The van der Waals surface area contributed by atoms with Crippen molar-refractivity contribution in [1.29, 1.82) is 0 Å². The van der Waals surface area contributed by atoms with E-state index in [1.54, 1.807) is 7.11 Å². The Morgan fingerprint density at radius 1 is 1.00 bits per heavy atom. The molecule has 0 unspecified atom stereocenters. The lowest BCUT2D eigenvalue weighted by molar-refractivity contribution is 0.162. The molecule has 0 atom stereocenters. The fourth-order valence-corrected chi connectivity index (χ4v) is 3.63. The molecule has 1 aromatic heterocycles. The Morgan fingerprint density at radius 3 is 2.43 bits per heavy atom. The summed E-state index contributed by atoms with van der Waals surface area (Å²) in [5.41, 5.74) is 5.90. The molecule has 2 aromatic carbocycles. The Bertz CT molecular complexity index is 944. The number of methoxy groups -OCH3 is 1. The lowest BCUT2D eigenvalue weighted by Crippen LogP contribution is -2.25. The second kappa shape index (κ2) is 11.4. The van der Waals surface area contributed by atoms with Gasteiger partial charge in [-0.15, -0.1) is 12.4 Å². The molecular weight excluding hydrogens is 418 g/mol. The van der Waals surface area contributed by atoms with E-state index >= 15 is 0 Å². The van der Waals surface area contributed by atoms with E-state index in [1.807, 2.05) is 12.1 Å². The van der Waals surface area contributed by atoms with Crippen LogP contribution >= 0.6 is 23.9 Å². The summed E-state index contributed by atoms with van der Waals surface area (Å²) in [5, 5.41) is 0.565. The van der Waals surface area contributed by atoms with Gasteiger partial charge in [0.2, 0.25) is 0 Å². The number of benzene rings is 2. The maximum Gasteiger partial charge on any atom is 0.299 e. The molecule has 30 heavy (non-hydrogen) atoms. The van der Waals surface area contributed by atoms with E-state index in [2.05, 4.69) is 66.3 Å². The third-order valence-corrected chi connectivity index (χ3v) is 5.58. The van der Waals surface area contributed by atoms with Crippen LogP contribution < -0.4 is 4.74 Å². The molecule has 0 aliphatic rings. The second-order valence-corrected chi connectivity index (χ2v) is 8.16. The molecule has 5 nitrogen and oxygen atoms in total. The van der Waals surface area contributed by atoms with E-state index < -0.39 is 0 Å². The lowest BCUT2D eigenvalue weighted by atomic mass is 10.0. The van der Waals surface area contributed by atoms with Gasteiger partial charge in [0.25, 0.3) is 5.19 Å². The molecule has 0 bridgehead atoms. The molecule has 0 radical (unpaired) electrons. The minimum atomic E-state index is 0. The highest BCUT2D eigenvalue weighted by Gasteiger charge is 2.12. The molecular formula is C23H30ClN3O2S. The van der Waals surface area contributed by atoms with Gasteiger partial charge in [0.15, 0.2) is 5.82 Å². The lowest BCUT2D eigenvalue weighted by Gasteiger charge is -2.17. The molecule has 0 N–H and O–H groups in total. The molecule has 0 spiro atoms. The minimum Gasteiger partial charge on any atom is -0.430 e. The molecule has 7 heteroatoms. The Hall–Kier alpha value is -1.99. The minimum absolute atomic E-state index is 0. The van der Waals surface area contributed by atoms with Crippen LogP contribution in [0.25, 0.3) is 11.4 Å². The zero-order valence-corrected chi connectivity index (χ0v) is 19.9. The van der Waals surface area contributed by atoms with Gasteiger partial charge in [-0.2, -0.15) is 9.36 Å². The van der Waals surface area contributed by atoms with Crippen LogP contribution in [-0.4, -0.2) is 48.1 Å². The fourth-order valence-electron chi connectivity index (χ4n) is 3.06. The first-order chi connectivity index (χ1) is 14.0. The summed E-state index contributed by atoms with van der Waals surface area (Å²) >= 11 is 1.28. The maximum atomic E-state index is 6.07. The van der Waals surface area contributed by atoms with Crippen LogP contribution in [-0.2, 0) is 11.2 Å². The summed E-state index contributed by atoms with van der Waals surface area (Å²) in [6.45, 7) is 8.98. The van der Waals surface area contributed by atoms with Crippen molar-refractivity contribution in [3.05, 3.63) is 58.7 Å². The van der Waals surface area contributed by atoms with E-state index in [0.29, 0.717) is 11.0 Å². The van der Waals surface area contributed by atoms with Crippen LogP contribution in [0, 0.1) is 20.8 Å².